The summed E-state index contributed by atoms with van der Waals surface area (Å²) in [7, 11) is 1.63. The van der Waals surface area contributed by atoms with Crippen LogP contribution in [0.2, 0.25) is 0 Å². The van der Waals surface area contributed by atoms with E-state index in [1.54, 1.807) is 19.2 Å². The lowest BCUT2D eigenvalue weighted by Gasteiger charge is -2.31. The molecule has 29 heavy (non-hydrogen) atoms. The fourth-order valence-corrected chi connectivity index (χ4v) is 4.25. The Morgan fingerprint density at radius 2 is 2.00 bits per heavy atom. The number of anilines is 1. The Labute approximate surface area is 166 Å². The molecule has 0 saturated heterocycles. The van der Waals surface area contributed by atoms with E-state index >= 15 is 0 Å². The molecule has 2 saturated carbocycles. The Bertz CT molecular complexity index is 1130. The second kappa shape index (κ2) is 6.79. The van der Waals surface area contributed by atoms with Crippen LogP contribution in [-0.4, -0.2) is 43.1 Å². The number of aryl methyl sites for hydroxylation is 1. The van der Waals surface area contributed by atoms with Crippen LogP contribution in [-0.2, 0) is 7.05 Å². The number of phenolic OH excluding ortho intramolecular Hbond substituents is 1. The molecule has 5 rings (SSSR count). The molecule has 2 heterocycles. The number of hydrogen-bond acceptors (Lipinski definition) is 6. The van der Waals surface area contributed by atoms with Crippen molar-refractivity contribution >= 4 is 16.7 Å². The maximum atomic E-state index is 14.4. The van der Waals surface area contributed by atoms with Gasteiger partial charge >= 0.3 is 0 Å². The van der Waals surface area contributed by atoms with E-state index in [9.17, 15) is 14.3 Å². The van der Waals surface area contributed by atoms with Gasteiger partial charge < -0.3 is 14.6 Å². The minimum atomic E-state index is -0.828. The molecule has 0 radical (unpaired) electrons. The van der Waals surface area contributed by atoms with E-state index in [4.69, 9.17) is 0 Å². The number of nitrogens with zero attached hydrogens (tertiary/aromatic N) is 5. The molecule has 8 heteroatoms. The van der Waals surface area contributed by atoms with Gasteiger partial charge in [0, 0.05) is 24.7 Å². The highest BCUT2D eigenvalue weighted by Crippen LogP contribution is 2.39. The first-order valence-corrected chi connectivity index (χ1v) is 9.98. The highest BCUT2D eigenvalue weighted by Gasteiger charge is 2.41. The summed E-state index contributed by atoms with van der Waals surface area (Å²) in [5.74, 6) is 0.655. The molecular formula is C21H22FN5O2. The number of benzene rings is 1. The summed E-state index contributed by atoms with van der Waals surface area (Å²) in [6.45, 7) is 0. The zero-order valence-corrected chi connectivity index (χ0v) is 16.1. The molecule has 2 aliphatic carbocycles. The van der Waals surface area contributed by atoms with Crippen LogP contribution in [0.1, 0.15) is 32.1 Å². The first-order valence-electron chi connectivity index (χ1n) is 9.98. The molecule has 7 nitrogen and oxygen atoms in total. The number of aromatic hydroxyl groups is 1. The third-order valence-electron chi connectivity index (χ3n) is 5.92. The molecule has 1 N–H and O–H groups in total. The molecule has 0 amide bonds. The number of hydrogen-bond donors (Lipinski definition) is 1. The lowest BCUT2D eigenvalue weighted by atomic mass is 10.1. The summed E-state index contributed by atoms with van der Waals surface area (Å²) in [5, 5.41) is 19.5. The van der Waals surface area contributed by atoms with Crippen molar-refractivity contribution in [3.8, 4) is 17.0 Å². The van der Waals surface area contributed by atoms with Crippen molar-refractivity contribution in [2.45, 2.75) is 50.4 Å². The van der Waals surface area contributed by atoms with Gasteiger partial charge in [0.25, 0.3) is 5.56 Å². The third kappa shape index (κ3) is 3.12. The summed E-state index contributed by atoms with van der Waals surface area (Å²) < 4.78 is 15.8. The van der Waals surface area contributed by atoms with E-state index < -0.39 is 6.17 Å². The van der Waals surface area contributed by atoms with E-state index in [1.807, 2.05) is 6.07 Å². The second-order valence-corrected chi connectivity index (χ2v) is 7.98. The van der Waals surface area contributed by atoms with Crippen molar-refractivity contribution in [3.05, 3.63) is 40.9 Å². The summed E-state index contributed by atoms with van der Waals surface area (Å²) in [4.78, 5) is 18.7. The Hall–Kier alpha value is -3.03. The molecule has 3 aromatic rings. The number of rotatable bonds is 4. The van der Waals surface area contributed by atoms with Gasteiger partial charge in [0.2, 0.25) is 0 Å². The molecular weight excluding hydrogens is 373 g/mol. The summed E-state index contributed by atoms with van der Waals surface area (Å²) in [6.07, 6.45) is 5.03. The fraction of sp³-hybridized carbons (Fsp3) is 0.429. The van der Waals surface area contributed by atoms with Crippen LogP contribution in [0.3, 0.4) is 0 Å². The van der Waals surface area contributed by atoms with Gasteiger partial charge in [-0.25, -0.2) is 9.37 Å². The van der Waals surface area contributed by atoms with Crippen LogP contribution in [0.15, 0.2) is 35.4 Å². The Kier molecular flexibility index (Phi) is 4.22. The van der Waals surface area contributed by atoms with Gasteiger partial charge in [-0.1, -0.05) is 0 Å². The molecule has 0 spiro atoms. The molecule has 2 aromatic heterocycles. The van der Waals surface area contributed by atoms with E-state index in [0.29, 0.717) is 40.4 Å². The molecule has 2 fully saturated rings. The van der Waals surface area contributed by atoms with Crippen LogP contribution in [0.25, 0.3) is 22.2 Å². The van der Waals surface area contributed by atoms with Crippen molar-refractivity contribution in [2.24, 2.45) is 7.05 Å². The quantitative estimate of drug-likeness (QED) is 0.731. The zero-order chi connectivity index (χ0) is 20.1. The van der Waals surface area contributed by atoms with Crippen molar-refractivity contribution in [3.63, 3.8) is 0 Å². The maximum absolute atomic E-state index is 14.4. The second-order valence-electron chi connectivity index (χ2n) is 7.98. The highest BCUT2D eigenvalue weighted by atomic mass is 19.1. The Balaban J connectivity index is 1.52. The van der Waals surface area contributed by atoms with Crippen LogP contribution >= 0.6 is 0 Å². The van der Waals surface area contributed by atoms with E-state index in [2.05, 4.69) is 20.1 Å². The molecule has 2 atom stereocenters. The van der Waals surface area contributed by atoms with Crippen molar-refractivity contribution in [2.75, 3.05) is 4.90 Å². The lowest BCUT2D eigenvalue weighted by molar-refractivity contribution is 0.300. The number of fused-ring (bicyclic) bond motifs is 1. The highest BCUT2D eigenvalue weighted by molar-refractivity contribution is 5.86. The standard InChI is InChI=1S/C21H22FN5O2/c1-26-11-23-17-10-19(28)13(9-14(17)21(26)29)16-7-8-20(25-24-16)27(12-5-6-12)18-4-2-3-15(18)22/h7-12,15,18,28H,2-6H2,1H3. The predicted octanol–water partition coefficient (Wildman–Crippen LogP) is 2.96. The Morgan fingerprint density at radius 3 is 2.66 bits per heavy atom. The first-order chi connectivity index (χ1) is 14.0. The van der Waals surface area contributed by atoms with Crippen LogP contribution in [0.5, 0.6) is 5.75 Å². The summed E-state index contributed by atoms with van der Waals surface area (Å²) in [6, 6.07) is 6.85. The van der Waals surface area contributed by atoms with Crippen molar-refractivity contribution in [1.82, 2.24) is 19.7 Å². The average molecular weight is 395 g/mol. The van der Waals surface area contributed by atoms with Crippen LogP contribution < -0.4 is 10.5 Å². The average Bonchev–Trinajstić information content (AvgIpc) is 3.47. The Morgan fingerprint density at radius 1 is 1.17 bits per heavy atom. The topological polar surface area (TPSA) is 84.1 Å². The predicted molar refractivity (Wildman–Crippen MR) is 108 cm³/mol. The molecule has 150 valence electrons. The van der Waals surface area contributed by atoms with Gasteiger partial charge in [0.1, 0.15) is 11.9 Å². The first kappa shape index (κ1) is 18.0. The molecule has 2 unspecified atom stereocenters. The SMILES string of the molecule is Cn1cnc2cc(O)c(-c3ccc(N(C4CC4)C4CCCC4F)nn3)cc2c1=O. The van der Waals surface area contributed by atoms with E-state index in [0.717, 1.165) is 25.7 Å². The largest absolute Gasteiger partial charge is 0.507 e. The van der Waals surface area contributed by atoms with Crippen LogP contribution in [0, 0.1) is 0 Å². The van der Waals surface area contributed by atoms with Crippen molar-refractivity contribution in [1.29, 1.82) is 0 Å². The van der Waals surface area contributed by atoms with E-state index in [-0.39, 0.29) is 17.4 Å². The smallest absolute Gasteiger partial charge is 0.260 e. The normalized spacial score (nSPS) is 21.6. The van der Waals surface area contributed by atoms with Crippen molar-refractivity contribution < 1.29 is 9.50 Å². The third-order valence-corrected chi connectivity index (χ3v) is 5.92. The fourth-order valence-electron chi connectivity index (χ4n) is 4.25. The molecule has 1 aromatic carbocycles. The number of phenols is 1. The molecule has 2 aliphatic rings. The number of alkyl halides is 1. The number of halogens is 1. The van der Waals surface area contributed by atoms with Gasteiger partial charge in [-0.2, -0.15) is 0 Å². The lowest BCUT2D eigenvalue weighted by Crippen LogP contribution is -2.41. The number of aromatic nitrogens is 4. The minimum absolute atomic E-state index is 0.0148. The van der Waals surface area contributed by atoms with Gasteiger partial charge in [-0.3, -0.25) is 4.79 Å². The molecule has 0 bridgehead atoms. The maximum Gasteiger partial charge on any atom is 0.260 e. The van der Waals surface area contributed by atoms with Crippen LogP contribution in [0.4, 0.5) is 10.2 Å². The monoisotopic (exact) mass is 395 g/mol. The van der Waals surface area contributed by atoms with Gasteiger partial charge in [0.05, 0.1) is 29.0 Å². The summed E-state index contributed by atoms with van der Waals surface area (Å²) >= 11 is 0. The van der Waals surface area contributed by atoms with E-state index in [1.165, 1.54) is 17.0 Å². The van der Waals surface area contributed by atoms with Gasteiger partial charge in [-0.15, -0.1) is 10.2 Å². The van der Waals surface area contributed by atoms with Gasteiger partial charge in [0.15, 0.2) is 5.82 Å². The zero-order valence-electron chi connectivity index (χ0n) is 16.1. The van der Waals surface area contributed by atoms with Gasteiger partial charge in [-0.05, 0) is 50.3 Å². The molecule has 0 aliphatic heterocycles. The summed E-state index contributed by atoms with van der Waals surface area (Å²) in [5.41, 5.74) is 1.10. The minimum Gasteiger partial charge on any atom is -0.507 e.